The number of hydrazone groups is 1. The molecule has 5 heteroatoms. The van der Waals surface area contributed by atoms with Crippen molar-refractivity contribution in [2.45, 2.75) is 25.6 Å². The maximum atomic E-state index is 13.3. The van der Waals surface area contributed by atoms with E-state index in [1.165, 1.54) is 0 Å². The highest BCUT2D eigenvalue weighted by molar-refractivity contribution is 6.30. The van der Waals surface area contributed by atoms with E-state index in [2.05, 4.69) is 0 Å². The van der Waals surface area contributed by atoms with E-state index in [0.717, 1.165) is 22.4 Å². The van der Waals surface area contributed by atoms with Crippen molar-refractivity contribution in [3.63, 3.8) is 0 Å². The summed E-state index contributed by atoms with van der Waals surface area (Å²) in [6.07, 6.45) is -0.115. The minimum atomic E-state index is -0.808. The fourth-order valence-electron chi connectivity index (χ4n) is 3.90. The smallest absolute Gasteiger partial charge is 0.251 e. The normalized spacial score (nSPS) is 19.8. The number of rotatable bonds is 3. The van der Waals surface area contributed by atoms with Crippen LogP contribution in [-0.4, -0.2) is 22.7 Å². The highest BCUT2D eigenvalue weighted by Crippen LogP contribution is 2.44. The van der Waals surface area contributed by atoms with Crippen LogP contribution in [0.15, 0.2) is 77.9 Å². The lowest BCUT2D eigenvalue weighted by molar-refractivity contribution is -0.00455. The average molecular weight is 403 g/mol. The van der Waals surface area contributed by atoms with Gasteiger partial charge in [0.25, 0.3) is 6.23 Å². The van der Waals surface area contributed by atoms with Crippen LogP contribution in [0.3, 0.4) is 0 Å². The van der Waals surface area contributed by atoms with Gasteiger partial charge in [0.2, 0.25) is 5.78 Å². The number of aryl methyl sites for hydroxylation is 1. The van der Waals surface area contributed by atoms with Crippen molar-refractivity contribution in [2.24, 2.45) is 5.10 Å². The average Bonchev–Trinajstić information content (AvgIpc) is 3.20. The molecule has 0 spiro atoms. The van der Waals surface area contributed by atoms with Crippen LogP contribution >= 0.6 is 11.6 Å². The summed E-state index contributed by atoms with van der Waals surface area (Å²) < 4.78 is 6.14. The molecule has 3 aromatic carbocycles. The van der Waals surface area contributed by atoms with Gasteiger partial charge in [0, 0.05) is 22.6 Å². The molecule has 2 atom stereocenters. The number of benzene rings is 3. The number of Topliss-reactive ketones (excluding diaryl/α,β-unsaturated/α-hetero) is 1. The molecule has 0 aliphatic carbocycles. The molecule has 3 aromatic rings. The summed E-state index contributed by atoms with van der Waals surface area (Å²) in [5, 5.41) is 7.25. The molecule has 0 amide bonds. The Morgan fingerprint density at radius 3 is 2.59 bits per heavy atom. The summed E-state index contributed by atoms with van der Waals surface area (Å²) in [7, 11) is 0. The largest absolute Gasteiger partial charge is 0.461 e. The van der Waals surface area contributed by atoms with Gasteiger partial charge in [-0.2, -0.15) is 5.10 Å². The third-order valence-corrected chi connectivity index (χ3v) is 5.65. The standard InChI is InChI=1S/C24H19ClN2O2/c1-15-7-9-17(10-8-15)23(28)24-27-21(19-13-18(25)11-12-22(19)29-24)14-20(26-27)16-5-3-2-4-6-16/h2-13,21,24H,14H2,1H3/t21-,24-/m1/s1. The summed E-state index contributed by atoms with van der Waals surface area (Å²) in [5.74, 6) is 0.583. The maximum Gasteiger partial charge on any atom is 0.251 e. The quantitative estimate of drug-likeness (QED) is 0.551. The van der Waals surface area contributed by atoms with Crippen molar-refractivity contribution in [2.75, 3.05) is 0 Å². The van der Waals surface area contributed by atoms with Crippen LogP contribution in [0.25, 0.3) is 0 Å². The molecule has 5 rings (SSSR count). The molecular weight excluding hydrogens is 384 g/mol. The number of hydrogen-bond acceptors (Lipinski definition) is 4. The molecule has 0 saturated carbocycles. The van der Waals surface area contributed by atoms with Gasteiger partial charge in [0.15, 0.2) is 0 Å². The Morgan fingerprint density at radius 2 is 1.83 bits per heavy atom. The Bertz CT molecular complexity index is 1110. The number of halogens is 1. The van der Waals surface area contributed by atoms with Crippen LogP contribution in [-0.2, 0) is 0 Å². The van der Waals surface area contributed by atoms with Crippen molar-refractivity contribution in [1.82, 2.24) is 5.01 Å². The second-order valence-electron chi connectivity index (χ2n) is 7.40. The van der Waals surface area contributed by atoms with Crippen molar-refractivity contribution in [3.05, 3.63) is 100 Å². The van der Waals surface area contributed by atoms with E-state index < -0.39 is 6.23 Å². The van der Waals surface area contributed by atoms with E-state index >= 15 is 0 Å². The predicted octanol–water partition coefficient (Wildman–Crippen LogP) is 5.40. The van der Waals surface area contributed by atoms with E-state index in [1.54, 1.807) is 11.1 Å². The number of carbonyl (C=O) groups excluding carboxylic acids is 1. The Balaban J connectivity index is 1.57. The third-order valence-electron chi connectivity index (χ3n) is 5.42. The van der Waals surface area contributed by atoms with Gasteiger partial charge in [-0.25, -0.2) is 5.01 Å². The predicted molar refractivity (Wildman–Crippen MR) is 114 cm³/mol. The Labute approximate surface area is 174 Å². The first kappa shape index (κ1) is 18.0. The molecule has 0 N–H and O–H groups in total. The SMILES string of the molecule is Cc1ccc(C(=O)[C@H]2Oc3ccc(Cl)cc3[C@H]3CC(c4ccccc4)=NN23)cc1. The fourth-order valence-corrected chi connectivity index (χ4v) is 4.08. The molecule has 0 radical (unpaired) electrons. The molecule has 144 valence electrons. The first-order chi connectivity index (χ1) is 14.1. The molecule has 29 heavy (non-hydrogen) atoms. The maximum absolute atomic E-state index is 13.3. The molecule has 2 heterocycles. The van der Waals surface area contributed by atoms with Crippen LogP contribution in [0.2, 0.25) is 5.02 Å². The van der Waals surface area contributed by atoms with E-state index in [9.17, 15) is 4.79 Å². The van der Waals surface area contributed by atoms with Gasteiger partial charge in [-0.3, -0.25) is 4.79 Å². The minimum absolute atomic E-state index is 0.0907. The van der Waals surface area contributed by atoms with Crippen molar-refractivity contribution < 1.29 is 9.53 Å². The zero-order valence-corrected chi connectivity index (χ0v) is 16.6. The fraction of sp³-hybridized carbons (Fsp3) is 0.167. The number of ketones is 1. The van der Waals surface area contributed by atoms with Gasteiger partial charge in [-0.05, 0) is 30.7 Å². The molecule has 2 aliphatic heterocycles. The monoisotopic (exact) mass is 402 g/mol. The third kappa shape index (κ3) is 3.19. The molecule has 0 fully saturated rings. The Kier molecular flexibility index (Phi) is 4.36. The second-order valence-corrected chi connectivity index (χ2v) is 7.83. The molecule has 0 bridgehead atoms. The number of hydrogen-bond donors (Lipinski definition) is 0. The summed E-state index contributed by atoms with van der Waals surface area (Å²) in [6, 6.07) is 23.0. The molecule has 0 saturated heterocycles. The summed E-state index contributed by atoms with van der Waals surface area (Å²) in [6.45, 7) is 2.00. The number of carbonyl (C=O) groups is 1. The van der Waals surface area contributed by atoms with Gasteiger partial charge in [0.05, 0.1) is 11.8 Å². The zero-order valence-electron chi connectivity index (χ0n) is 15.9. The lowest BCUT2D eigenvalue weighted by atomic mass is 9.95. The second kappa shape index (κ2) is 7.05. The van der Waals surface area contributed by atoms with Gasteiger partial charge >= 0.3 is 0 Å². The lowest BCUT2D eigenvalue weighted by Gasteiger charge is -2.37. The van der Waals surface area contributed by atoms with Crippen LogP contribution in [0, 0.1) is 6.92 Å². The van der Waals surface area contributed by atoms with Crippen LogP contribution in [0.4, 0.5) is 0 Å². The molecule has 2 aliphatic rings. The van der Waals surface area contributed by atoms with E-state index in [4.69, 9.17) is 21.4 Å². The summed E-state index contributed by atoms with van der Waals surface area (Å²) >= 11 is 6.25. The van der Waals surface area contributed by atoms with E-state index in [1.807, 2.05) is 73.7 Å². The Hall–Kier alpha value is -3.11. The van der Waals surface area contributed by atoms with Gasteiger partial charge in [-0.15, -0.1) is 0 Å². The zero-order chi connectivity index (χ0) is 20.0. The Morgan fingerprint density at radius 1 is 1.07 bits per heavy atom. The summed E-state index contributed by atoms with van der Waals surface area (Å²) in [5.41, 5.74) is 4.66. The van der Waals surface area contributed by atoms with Crippen LogP contribution in [0.1, 0.15) is 39.5 Å². The molecule has 0 unspecified atom stereocenters. The topological polar surface area (TPSA) is 41.9 Å². The number of ether oxygens (including phenoxy) is 1. The van der Waals surface area contributed by atoms with Crippen molar-refractivity contribution in [1.29, 1.82) is 0 Å². The van der Waals surface area contributed by atoms with Gasteiger partial charge in [0.1, 0.15) is 5.75 Å². The highest BCUT2D eigenvalue weighted by atomic mass is 35.5. The molecular formula is C24H19ClN2O2. The minimum Gasteiger partial charge on any atom is -0.461 e. The van der Waals surface area contributed by atoms with Crippen LogP contribution < -0.4 is 4.74 Å². The number of nitrogens with zero attached hydrogens (tertiary/aromatic N) is 2. The lowest BCUT2D eigenvalue weighted by Crippen LogP contribution is -2.45. The first-order valence-corrected chi connectivity index (χ1v) is 9.96. The van der Waals surface area contributed by atoms with Gasteiger partial charge in [-0.1, -0.05) is 71.8 Å². The molecule has 4 nitrogen and oxygen atoms in total. The number of fused-ring (bicyclic) bond motifs is 3. The highest BCUT2D eigenvalue weighted by Gasteiger charge is 2.43. The van der Waals surface area contributed by atoms with E-state index in [0.29, 0.717) is 22.8 Å². The van der Waals surface area contributed by atoms with Crippen molar-refractivity contribution >= 4 is 23.1 Å². The van der Waals surface area contributed by atoms with Crippen LogP contribution in [0.5, 0.6) is 5.75 Å². The first-order valence-electron chi connectivity index (χ1n) is 9.58. The molecule has 0 aromatic heterocycles. The van der Waals surface area contributed by atoms with E-state index in [-0.39, 0.29) is 11.8 Å². The van der Waals surface area contributed by atoms with Crippen molar-refractivity contribution in [3.8, 4) is 5.75 Å². The summed E-state index contributed by atoms with van der Waals surface area (Å²) in [4.78, 5) is 13.3. The van der Waals surface area contributed by atoms with Gasteiger partial charge < -0.3 is 4.74 Å².